The van der Waals surface area contributed by atoms with Crippen molar-refractivity contribution in [3.8, 4) is 0 Å². The predicted octanol–water partition coefficient (Wildman–Crippen LogP) is 4.89. The molecule has 0 radical (unpaired) electrons. The quantitative estimate of drug-likeness (QED) is 0.645. The van der Waals surface area contributed by atoms with Crippen molar-refractivity contribution in [1.29, 1.82) is 0 Å². The molecule has 0 saturated carbocycles. The highest BCUT2D eigenvalue weighted by Gasteiger charge is 2.24. The van der Waals surface area contributed by atoms with E-state index in [0.717, 1.165) is 25.7 Å². The number of alkyl halides is 1. The van der Waals surface area contributed by atoms with Crippen molar-refractivity contribution in [3.05, 3.63) is 35.6 Å². The first-order valence-electron chi connectivity index (χ1n) is 6.53. The lowest BCUT2D eigenvalue weighted by atomic mass is 9.91. The molecule has 3 heteroatoms. The lowest BCUT2D eigenvalue weighted by Crippen LogP contribution is -2.18. The van der Waals surface area contributed by atoms with Gasteiger partial charge in [0.05, 0.1) is 0 Å². The minimum atomic E-state index is -0.660. The van der Waals surface area contributed by atoms with E-state index in [2.05, 4.69) is 6.92 Å². The maximum atomic E-state index is 12.8. The molecule has 0 aliphatic heterocycles. The van der Waals surface area contributed by atoms with Gasteiger partial charge >= 0.3 is 0 Å². The van der Waals surface area contributed by atoms with Crippen molar-refractivity contribution in [2.45, 2.75) is 44.9 Å². The third-order valence-corrected chi connectivity index (χ3v) is 3.68. The molecule has 0 aliphatic rings. The number of rotatable bonds is 7. The summed E-state index contributed by atoms with van der Waals surface area (Å²) in [5, 5.41) is -0.660. The van der Waals surface area contributed by atoms with Gasteiger partial charge in [0.2, 0.25) is 0 Å². The van der Waals surface area contributed by atoms with Crippen molar-refractivity contribution in [3.63, 3.8) is 0 Å². The van der Waals surface area contributed by atoms with Gasteiger partial charge in [-0.05, 0) is 30.5 Å². The fourth-order valence-electron chi connectivity index (χ4n) is 2.00. The van der Waals surface area contributed by atoms with Crippen LogP contribution in [0.2, 0.25) is 0 Å². The van der Waals surface area contributed by atoms with Crippen molar-refractivity contribution < 1.29 is 9.18 Å². The van der Waals surface area contributed by atoms with Crippen molar-refractivity contribution in [2.75, 3.05) is 0 Å². The minimum absolute atomic E-state index is 0.0116. The highest BCUT2D eigenvalue weighted by atomic mass is 35.5. The van der Waals surface area contributed by atoms with Crippen LogP contribution in [0.5, 0.6) is 0 Å². The Morgan fingerprint density at radius 1 is 1.28 bits per heavy atom. The highest BCUT2D eigenvalue weighted by Crippen LogP contribution is 2.28. The zero-order chi connectivity index (χ0) is 13.5. The number of hydrogen-bond donors (Lipinski definition) is 0. The zero-order valence-electron chi connectivity index (χ0n) is 11.0. The lowest BCUT2D eigenvalue weighted by Gasteiger charge is -2.17. The maximum Gasteiger partial charge on any atom is 0.158 e. The first kappa shape index (κ1) is 15.2. The lowest BCUT2D eigenvalue weighted by molar-refractivity contribution is -0.123. The highest BCUT2D eigenvalue weighted by molar-refractivity contribution is 6.31. The van der Waals surface area contributed by atoms with Crippen LogP contribution >= 0.6 is 11.6 Å². The van der Waals surface area contributed by atoms with Gasteiger partial charge in [0, 0.05) is 5.92 Å². The first-order valence-corrected chi connectivity index (χ1v) is 6.97. The van der Waals surface area contributed by atoms with Gasteiger partial charge in [0.15, 0.2) is 5.78 Å². The van der Waals surface area contributed by atoms with Gasteiger partial charge < -0.3 is 0 Å². The standard InChI is InChI=1S/C15H20ClFO/c1-3-5-6-11(4-2)15(18)14(16)12-7-9-13(17)10-8-12/h7-11,14H,3-6H2,1-2H3. The van der Waals surface area contributed by atoms with Crippen LogP contribution in [0.4, 0.5) is 4.39 Å². The van der Waals surface area contributed by atoms with Gasteiger partial charge in [0.25, 0.3) is 0 Å². The fourth-order valence-corrected chi connectivity index (χ4v) is 2.32. The molecule has 0 bridgehead atoms. The molecule has 0 N–H and O–H groups in total. The Kier molecular flexibility index (Phi) is 6.34. The minimum Gasteiger partial charge on any atom is -0.297 e. The van der Waals surface area contributed by atoms with E-state index in [1.54, 1.807) is 12.1 Å². The number of carbonyl (C=O) groups is 1. The molecule has 18 heavy (non-hydrogen) atoms. The smallest absolute Gasteiger partial charge is 0.158 e. The van der Waals surface area contributed by atoms with Crippen molar-refractivity contribution >= 4 is 17.4 Å². The van der Waals surface area contributed by atoms with Crippen LogP contribution in [0.1, 0.15) is 50.5 Å². The second kappa shape index (κ2) is 7.52. The predicted molar refractivity (Wildman–Crippen MR) is 73.3 cm³/mol. The molecule has 0 amide bonds. The average molecular weight is 271 g/mol. The Balaban J connectivity index is 2.72. The van der Waals surface area contributed by atoms with E-state index < -0.39 is 5.38 Å². The number of halogens is 2. The molecule has 1 nitrogen and oxygen atoms in total. The number of ketones is 1. The van der Waals surface area contributed by atoms with Crippen molar-refractivity contribution in [2.24, 2.45) is 5.92 Å². The van der Waals surface area contributed by atoms with E-state index in [1.165, 1.54) is 12.1 Å². The summed E-state index contributed by atoms with van der Waals surface area (Å²) in [5.41, 5.74) is 0.679. The Bertz CT molecular complexity index is 375. The van der Waals surface area contributed by atoms with Gasteiger partial charge in [-0.2, -0.15) is 0 Å². The summed E-state index contributed by atoms with van der Waals surface area (Å²) in [7, 11) is 0. The van der Waals surface area contributed by atoms with Crippen LogP contribution in [0.15, 0.2) is 24.3 Å². The van der Waals surface area contributed by atoms with E-state index in [4.69, 9.17) is 11.6 Å². The summed E-state index contributed by atoms with van der Waals surface area (Å²) >= 11 is 6.19. The molecule has 1 aromatic carbocycles. The van der Waals surface area contributed by atoms with E-state index >= 15 is 0 Å². The maximum absolute atomic E-state index is 12.8. The van der Waals surface area contributed by atoms with Gasteiger partial charge in [-0.25, -0.2) is 4.39 Å². The molecular weight excluding hydrogens is 251 g/mol. The van der Waals surface area contributed by atoms with E-state index in [9.17, 15) is 9.18 Å². The summed E-state index contributed by atoms with van der Waals surface area (Å²) in [6.45, 7) is 4.11. The van der Waals surface area contributed by atoms with E-state index in [-0.39, 0.29) is 17.5 Å². The molecule has 0 spiro atoms. The Morgan fingerprint density at radius 3 is 2.39 bits per heavy atom. The average Bonchev–Trinajstić information content (AvgIpc) is 2.39. The van der Waals surface area contributed by atoms with Crippen LogP contribution in [0.25, 0.3) is 0 Å². The van der Waals surface area contributed by atoms with Crippen molar-refractivity contribution in [1.82, 2.24) is 0 Å². The molecule has 0 heterocycles. The Morgan fingerprint density at radius 2 is 1.89 bits per heavy atom. The Labute approximate surface area is 113 Å². The molecule has 100 valence electrons. The topological polar surface area (TPSA) is 17.1 Å². The van der Waals surface area contributed by atoms with Gasteiger partial charge in [0.1, 0.15) is 11.2 Å². The molecule has 2 unspecified atom stereocenters. The van der Waals surface area contributed by atoms with Crippen LogP contribution in [-0.2, 0) is 4.79 Å². The number of carbonyl (C=O) groups excluding carboxylic acids is 1. The number of benzene rings is 1. The van der Waals surface area contributed by atoms with E-state index in [1.807, 2.05) is 6.92 Å². The largest absolute Gasteiger partial charge is 0.297 e. The summed E-state index contributed by atoms with van der Waals surface area (Å²) in [6, 6.07) is 5.84. The zero-order valence-corrected chi connectivity index (χ0v) is 11.7. The summed E-state index contributed by atoms with van der Waals surface area (Å²) in [5.74, 6) is -0.246. The second-order valence-corrected chi connectivity index (χ2v) is 5.00. The SMILES string of the molecule is CCCCC(CC)C(=O)C(Cl)c1ccc(F)cc1. The number of hydrogen-bond acceptors (Lipinski definition) is 1. The third kappa shape index (κ3) is 4.09. The molecule has 1 rings (SSSR count). The van der Waals surface area contributed by atoms with E-state index in [0.29, 0.717) is 5.56 Å². The molecule has 0 aliphatic carbocycles. The fraction of sp³-hybridized carbons (Fsp3) is 0.533. The second-order valence-electron chi connectivity index (χ2n) is 4.56. The van der Waals surface area contributed by atoms with Gasteiger partial charge in [-0.1, -0.05) is 38.8 Å². The molecule has 2 atom stereocenters. The first-order chi connectivity index (χ1) is 8.60. The monoisotopic (exact) mass is 270 g/mol. The van der Waals surface area contributed by atoms with Gasteiger partial charge in [-0.15, -0.1) is 11.6 Å². The summed E-state index contributed by atoms with van der Waals surface area (Å²) in [4.78, 5) is 12.2. The van der Waals surface area contributed by atoms with Crippen LogP contribution in [0, 0.1) is 11.7 Å². The van der Waals surface area contributed by atoms with Crippen LogP contribution in [0.3, 0.4) is 0 Å². The molecule has 0 saturated heterocycles. The Hall–Kier alpha value is -0.890. The van der Waals surface area contributed by atoms with Gasteiger partial charge in [-0.3, -0.25) is 4.79 Å². The molecular formula is C15H20ClFO. The summed E-state index contributed by atoms with van der Waals surface area (Å²) < 4.78 is 12.8. The number of Topliss-reactive ketones (excluding diaryl/α,β-unsaturated/α-hetero) is 1. The molecule has 0 aromatic heterocycles. The number of unbranched alkanes of at least 4 members (excludes halogenated alkanes) is 1. The summed E-state index contributed by atoms with van der Waals surface area (Å²) in [6.07, 6.45) is 3.81. The van der Waals surface area contributed by atoms with Crippen LogP contribution in [-0.4, -0.2) is 5.78 Å². The normalized spacial score (nSPS) is 14.2. The van der Waals surface area contributed by atoms with Crippen LogP contribution < -0.4 is 0 Å². The molecule has 1 aromatic rings. The molecule has 0 fully saturated rings. The third-order valence-electron chi connectivity index (χ3n) is 3.21.